The van der Waals surface area contributed by atoms with E-state index in [4.69, 9.17) is 10.5 Å². The summed E-state index contributed by atoms with van der Waals surface area (Å²) in [4.78, 5) is 17.6. The summed E-state index contributed by atoms with van der Waals surface area (Å²) >= 11 is 0. The average Bonchev–Trinajstić information content (AvgIpc) is 2.97. The Balaban J connectivity index is 2.06. The molecule has 0 radical (unpaired) electrons. The van der Waals surface area contributed by atoms with Gasteiger partial charge in [0.2, 0.25) is 5.91 Å². The number of aromatic nitrogens is 2. The molecule has 2 heterocycles. The molecule has 1 amide bonds. The first-order chi connectivity index (χ1) is 8.26. The highest BCUT2D eigenvalue weighted by Crippen LogP contribution is 2.24. The fourth-order valence-corrected chi connectivity index (χ4v) is 2.23. The Hall–Kier alpha value is -1.40. The van der Waals surface area contributed by atoms with Gasteiger partial charge in [-0.1, -0.05) is 0 Å². The maximum atomic E-state index is 11.8. The maximum Gasteiger partial charge on any atom is 0.224 e. The van der Waals surface area contributed by atoms with Crippen LogP contribution in [0.5, 0.6) is 0 Å². The van der Waals surface area contributed by atoms with E-state index in [2.05, 4.69) is 4.98 Å². The lowest BCUT2D eigenvalue weighted by molar-refractivity contribution is -0.130. The second-order valence-electron chi connectivity index (χ2n) is 4.19. The van der Waals surface area contributed by atoms with Crippen molar-refractivity contribution in [3.8, 4) is 0 Å². The lowest BCUT2D eigenvalue weighted by Gasteiger charge is -2.17. The van der Waals surface area contributed by atoms with Crippen LogP contribution in [-0.4, -0.2) is 53.2 Å². The van der Waals surface area contributed by atoms with E-state index < -0.39 is 0 Å². The average molecular weight is 238 g/mol. The number of likely N-dealkylation sites (tertiary alicyclic amines) is 1. The highest BCUT2D eigenvalue weighted by Gasteiger charge is 2.35. The summed E-state index contributed by atoms with van der Waals surface area (Å²) in [5, 5.41) is 0. The maximum absolute atomic E-state index is 11.8. The third-order valence-electron chi connectivity index (χ3n) is 3.16. The predicted molar refractivity (Wildman–Crippen MR) is 62.3 cm³/mol. The zero-order chi connectivity index (χ0) is 12.3. The van der Waals surface area contributed by atoms with Crippen LogP contribution in [0.25, 0.3) is 0 Å². The Labute approximate surface area is 100 Å². The molecule has 1 aliphatic heterocycles. The summed E-state index contributed by atoms with van der Waals surface area (Å²) in [5.74, 6) is 0.0946. The van der Waals surface area contributed by atoms with E-state index in [9.17, 15) is 4.79 Å². The van der Waals surface area contributed by atoms with Crippen molar-refractivity contribution in [1.29, 1.82) is 0 Å². The number of ether oxygens (including phenoxy) is 1. The second-order valence-corrected chi connectivity index (χ2v) is 4.19. The molecule has 2 rings (SSSR count). The van der Waals surface area contributed by atoms with Gasteiger partial charge in [-0.05, 0) is 0 Å². The van der Waals surface area contributed by atoms with Crippen molar-refractivity contribution in [3.63, 3.8) is 0 Å². The highest BCUT2D eigenvalue weighted by atomic mass is 16.5. The van der Waals surface area contributed by atoms with Crippen LogP contribution in [0.1, 0.15) is 12.5 Å². The molecule has 1 aliphatic rings. The van der Waals surface area contributed by atoms with E-state index in [0.29, 0.717) is 26.1 Å². The van der Waals surface area contributed by atoms with Gasteiger partial charge in [-0.15, -0.1) is 0 Å². The molecular weight excluding hydrogens is 220 g/mol. The molecule has 6 nitrogen and oxygen atoms in total. The Morgan fingerprint density at radius 2 is 2.41 bits per heavy atom. The van der Waals surface area contributed by atoms with Crippen LogP contribution in [-0.2, 0) is 9.53 Å². The molecule has 94 valence electrons. The van der Waals surface area contributed by atoms with Crippen LogP contribution < -0.4 is 5.73 Å². The minimum absolute atomic E-state index is 0.0194. The summed E-state index contributed by atoms with van der Waals surface area (Å²) in [6, 6.07) is 0.143. The molecule has 1 fully saturated rings. The van der Waals surface area contributed by atoms with Crippen molar-refractivity contribution in [2.24, 2.45) is 5.73 Å². The van der Waals surface area contributed by atoms with E-state index in [1.807, 2.05) is 15.7 Å². The van der Waals surface area contributed by atoms with Gasteiger partial charge in [0.15, 0.2) is 0 Å². The predicted octanol–water partition coefficient (Wildman–Crippen LogP) is -0.370. The summed E-state index contributed by atoms with van der Waals surface area (Å²) in [6.07, 6.45) is 5.80. The Morgan fingerprint density at radius 3 is 3.00 bits per heavy atom. The fourth-order valence-electron chi connectivity index (χ4n) is 2.23. The number of imidazole rings is 1. The zero-order valence-corrected chi connectivity index (χ0v) is 9.95. The molecule has 1 aromatic heterocycles. The molecule has 0 bridgehead atoms. The van der Waals surface area contributed by atoms with Gasteiger partial charge in [0.1, 0.15) is 0 Å². The largest absolute Gasteiger partial charge is 0.377 e. The second kappa shape index (κ2) is 5.29. The number of methoxy groups -OCH3 is 1. The van der Waals surface area contributed by atoms with Gasteiger partial charge in [-0.3, -0.25) is 4.79 Å². The SMILES string of the molecule is CO[C@H]1CN(C(=O)CCN)C[C@@H]1n1ccnc1. The standard InChI is InChI=1S/C11H18N4O2/c1-17-10-7-15(11(16)2-3-12)6-9(10)14-5-4-13-8-14/h4-5,8-10H,2-3,6-7,12H2,1H3/t9-,10-/m0/s1. The summed E-state index contributed by atoms with van der Waals surface area (Å²) < 4.78 is 7.42. The van der Waals surface area contributed by atoms with Crippen LogP contribution >= 0.6 is 0 Å². The van der Waals surface area contributed by atoms with Gasteiger partial charge in [-0.2, -0.15) is 0 Å². The van der Waals surface area contributed by atoms with Gasteiger partial charge >= 0.3 is 0 Å². The van der Waals surface area contributed by atoms with Crippen LogP contribution in [0.15, 0.2) is 18.7 Å². The van der Waals surface area contributed by atoms with Crippen LogP contribution in [0.3, 0.4) is 0 Å². The fraction of sp³-hybridized carbons (Fsp3) is 0.636. The molecule has 0 aliphatic carbocycles. The molecule has 0 unspecified atom stereocenters. The first-order valence-corrected chi connectivity index (χ1v) is 5.74. The number of hydrogen-bond donors (Lipinski definition) is 1. The van der Waals surface area contributed by atoms with Crippen molar-refractivity contribution < 1.29 is 9.53 Å². The number of amides is 1. The number of rotatable bonds is 4. The first kappa shape index (κ1) is 12.1. The minimum atomic E-state index is 0.0194. The molecule has 6 heteroatoms. The zero-order valence-electron chi connectivity index (χ0n) is 9.95. The number of hydrogen-bond acceptors (Lipinski definition) is 4. The molecule has 0 aromatic carbocycles. The Kier molecular flexibility index (Phi) is 3.75. The van der Waals surface area contributed by atoms with E-state index in [1.54, 1.807) is 19.6 Å². The molecule has 17 heavy (non-hydrogen) atoms. The van der Waals surface area contributed by atoms with Gasteiger partial charge in [0.25, 0.3) is 0 Å². The summed E-state index contributed by atoms with van der Waals surface area (Å²) in [7, 11) is 1.67. The minimum Gasteiger partial charge on any atom is -0.377 e. The van der Waals surface area contributed by atoms with Crippen LogP contribution in [0.4, 0.5) is 0 Å². The van der Waals surface area contributed by atoms with Crippen molar-refractivity contribution in [1.82, 2.24) is 14.5 Å². The number of nitrogens with zero attached hydrogens (tertiary/aromatic N) is 3. The van der Waals surface area contributed by atoms with Crippen molar-refractivity contribution >= 4 is 5.91 Å². The van der Waals surface area contributed by atoms with Crippen molar-refractivity contribution in [2.45, 2.75) is 18.6 Å². The molecule has 0 spiro atoms. The molecule has 1 aromatic rings. The van der Waals surface area contributed by atoms with Gasteiger partial charge in [0.05, 0.1) is 18.5 Å². The molecule has 2 N–H and O–H groups in total. The summed E-state index contributed by atoms with van der Waals surface area (Å²) in [6.45, 7) is 1.68. The van der Waals surface area contributed by atoms with Gasteiger partial charge in [0, 0.05) is 45.6 Å². The molecular formula is C11H18N4O2. The molecule has 0 saturated carbocycles. The van der Waals surface area contributed by atoms with Crippen molar-refractivity contribution in [2.75, 3.05) is 26.7 Å². The van der Waals surface area contributed by atoms with E-state index >= 15 is 0 Å². The highest BCUT2D eigenvalue weighted by molar-refractivity contribution is 5.76. The lowest BCUT2D eigenvalue weighted by Crippen LogP contribution is -2.31. The first-order valence-electron chi connectivity index (χ1n) is 5.74. The number of nitrogens with two attached hydrogens (primary N) is 1. The van der Waals surface area contributed by atoms with Crippen LogP contribution in [0, 0.1) is 0 Å². The van der Waals surface area contributed by atoms with Crippen molar-refractivity contribution in [3.05, 3.63) is 18.7 Å². The summed E-state index contributed by atoms with van der Waals surface area (Å²) in [5.41, 5.74) is 5.40. The third kappa shape index (κ3) is 2.48. The smallest absolute Gasteiger partial charge is 0.224 e. The number of carbonyl (C=O) groups excluding carboxylic acids is 1. The topological polar surface area (TPSA) is 73.4 Å². The van der Waals surface area contributed by atoms with E-state index in [0.717, 1.165) is 0 Å². The van der Waals surface area contributed by atoms with Gasteiger partial charge < -0.3 is 19.9 Å². The lowest BCUT2D eigenvalue weighted by atomic mass is 10.2. The normalized spacial score (nSPS) is 24.2. The quantitative estimate of drug-likeness (QED) is 0.776. The van der Waals surface area contributed by atoms with Crippen LogP contribution in [0.2, 0.25) is 0 Å². The van der Waals surface area contributed by atoms with E-state index in [-0.39, 0.29) is 18.1 Å². The number of carbonyl (C=O) groups is 1. The molecule has 2 atom stereocenters. The monoisotopic (exact) mass is 238 g/mol. The Morgan fingerprint density at radius 1 is 1.59 bits per heavy atom. The van der Waals surface area contributed by atoms with E-state index in [1.165, 1.54) is 0 Å². The van der Waals surface area contributed by atoms with Gasteiger partial charge in [-0.25, -0.2) is 4.98 Å². The third-order valence-corrected chi connectivity index (χ3v) is 3.16. The Bertz CT molecular complexity index is 366. The molecule has 1 saturated heterocycles.